The molecule has 0 fully saturated rings. The smallest absolute Gasteiger partial charge is 0.224 e. The van der Waals surface area contributed by atoms with E-state index in [2.05, 4.69) is 15.6 Å². The van der Waals surface area contributed by atoms with E-state index in [1.807, 2.05) is 32.0 Å². The monoisotopic (exact) mass is 250 g/mol. The van der Waals surface area contributed by atoms with E-state index in [0.717, 1.165) is 18.8 Å². The summed E-state index contributed by atoms with van der Waals surface area (Å²) in [5, 5.41) is 6.05. The van der Waals surface area contributed by atoms with E-state index < -0.39 is 0 Å². The lowest BCUT2D eigenvalue weighted by molar-refractivity contribution is -0.124. The molecule has 0 saturated carbocycles. The Morgan fingerprint density at radius 2 is 2.17 bits per heavy atom. The fourth-order valence-corrected chi connectivity index (χ4v) is 1.38. The Morgan fingerprint density at radius 3 is 2.78 bits per heavy atom. The van der Waals surface area contributed by atoms with E-state index in [-0.39, 0.29) is 17.9 Å². The Hall–Kier alpha value is -1.62. The Balaban J connectivity index is 2.11. The second kappa shape index (κ2) is 7.66. The summed E-state index contributed by atoms with van der Waals surface area (Å²) in [7, 11) is 0. The van der Waals surface area contributed by atoms with Crippen molar-refractivity contribution >= 4 is 11.7 Å². The van der Waals surface area contributed by atoms with Crippen molar-refractivity contribution in [3.05, 3.63) is 24.4 Å². The number of anilines is 1. The van der Waals surface area contributed by atoms with Crippen LogP contribution in [-0.2, 0) is 4.79 Å². The van der Waals surface area contributed by atoms with Gasteiger partial charge in [0.25, 0.3) is 0 Å². The first-order valence-corrected chi connectivity index (χ1v) is 6.29. The first kappa shape index (κ1) is 14.4. The van der Waals surface area contributed by atoms with Crippen LogP contribution in [0.2, 0.25) is 0 Å². The van der Waals surface area contributed by atoms with Gasteiger partial charge in [-0.3, -0.25) is 4.79 Å². The summed E-state index contributed by atoms with van der Waals surface area (Å²) in [6, 6.07) is 5.61. The Kier molecular flexibility index (Phi) is 6.14. The zero-order chi connectivity index (χ0) is 13.4. The second-order valence-electron chi connectivity index (χ2n) is 4.43. The number of nitrogens with zero attached hydrogens (tertiary/aromatic N) is 1. The second-order valence-corrected chi connectivity index (χ2v) is 4.43. The van der Waals surface area contributed by atoms with Gasteiger partial charge < -0.3 is 16.4 Å². The van der Waals surface area contributed by atoms with Crippen molar-refractivity contribution in [3.8, 4) is 0 Å². The molecule has 1 aromatic rings. The molecule has 2 unspecified atom stereocenters. The van der Waals surface area contributed by atoms with Gasteiger partial charge in [-0.25, -0.2) is 4.98 Å². The zero-order valence-corrected chi connectivity index (χ0v) is 11.0. The van der Waals surface area contributed by atoms with Gasteiger partial charge in [0.05, 0.1) is 0 Å². The van der Waals surface area contributed by atoms with Crippen molar-refractivity contribution in [1.82, 2.24) is 10.3 Å². The highest BCUT2D eigenvalue weighted by molar-refractivity contribution is 5.78. The molecule has 5 nitrogen and oxygen atoms in total. The molecule has 0 aliphatic heterocycles. The third-order valence-corrected chi connectivity index (χ3v) is 2.83. The number of rotatable bonds is 7. The van der Waals surface area contributed by atoms with E-state index in [1.54, 1.807) is 6.20 Å². The summed E-state index contributed by atoms with van der Waals surface area (Å²) in [6.07, 6.45) is 2.60. The lowest BCUT2D eigenvalue weighted by Gasteiger charge is -2.15. The molecular weight excluding hydrogens is 228 g/mol. The third-order valence-electron chi connectivity index (χ3n) is 2.83. The lowest BCUT2D eigenvalue weighted by atomic mass is 10.0. The normalized spacial score (nSPS) is 13.7. The fourth-order valence-electron chi connectivity index (χ4n) is 1.38. The average molecular weight is 250 g/mol. The van der Waals surface area contributed by atoms with Gasteiger partial charge in [0.2, 0.25) is 5.91 Å². The van der Waals surface area contributed by atoms with Gasteiger partial charge >= 0.3 is 0 Å². The van der Waals surface area contributed by atoms with Crippen LogP contribution in [0.1, 0.15) is 20.3 Å². The number of nitrogens with one attached hydrogen (secondary N) is 2. The Labute approximate surface area is 108 Å². The molecule has 18 heavy (non-hydrogen) atoms. The Morgan fingerprint density at radius 1 is 1.39 bits per heavy atom. The minimum absolute atomic E-state index is 0.0165. The predicted octanol–water partition coefficient (Wildman–Crippen LogP) is 0.983. The summed E-state index contributed by atoms with van der Waals surface area (Å²) in [5.41, 5.74) is 5.66. The van der Waals surface area contributed by atoms with E-state index in [4.69, 9.17) is 5.73 Å². The van der Waals surface area contributed by atoms with Gasteiger partial charge in [-0.05, 0) is 25.5 Å². The molecule has 0 spiro atoms. The van der Waals surface area contributed by atoms with E-state index in [0.29, 0.717) is 6.54 Å². The summed E-state index contributed by atoms with van der Waals surface area (Å²) in [5.74, 6) is 0.726. The Bertz CT molecular complexity index is 353. The molecule has 1 rings (SSSR count). The van der Waals surface area contributed by atoms with Gasteiger partial charge in [-0.1, -0.05) is 13.0 Å². The maximum atomic E-state index is 11.6. The minimum atomic E-state index is -0.145. The molecule has 0 aliphatic rings. The minimum Gasteiger partial charge on any atom is -0.370 e. The first-order chi connectivity index (χ1) is 8.61. The lowest BCUT2D eigenvalue weighted by Crippen LogP contribution is -2.39. The molecule has 5 heteroatoms. The van der Waals surface area contributed by atoms with Crippen LogP contribution in [0.5, 0.6) is 0 Å². The number of amides is 1. The molecule has 1 amide bonds. The molecular formula is C13H22N4O. The number of carbonyl (C=O) groups excluding carboxylic acids is 1. The van der Waals surface area contributed by atoms with Crippen molar-refractivity contribution in [2.45, 2.75) is 26.3 Å². The quantitative estimate of drug-likeness (QED) is 0.630. The van der Waals surface area contributed by atoms with Crippen molar-refractivity contribution in [3.63, 3.8) is 0 Å². The van der Waals surface area contributed by atoms with Crippen LogP contribution in [0, 0.1) is 5.92 Å². The van der Waals surface area contributed by atoms with Crippen molar-refractivity contribution < 1.29 is 4.79 Å². The van der Waals surface area contributed by atoms with Gasteiger partial charge in [0, 0.05) is 31.2 Å². The number of nitrogens with two attached hydrogens (primary N) is 1. The zero-order valence-electron chi connectivity index (χ0n) is 11.0. The van der Waals surface area contributed by atoms with E-state index in [1.165, 1.54) is 0 Å². The number of hydrogen-bond donors (Lipinski definition) is 3. The summed E-state index contributed by atoms with van der Waals surface area (Å²) in [4.78, 5) is 15.7. The van der Waals surface area contributed by atoms with Crippen LogP contribution >= 0.6 is 0 Å². The SMILES string of the molecule is CC(N)C(C)C(=O)NCCCNc1ccccn1. The molecule has 1 aromatic heterocycles. The maximum absolute atomic E-state index is 11.6. The van der Waals surface area contributed by atoms with Crippen molar-refractivity contribution in [1.29, 1.82) is 0 Å². The van der Waals surface area contributed by atoms with Crippen LogP contribution < -0.4 is 16.4 Å². The van der Waals surface area contributed by atoms with E-state index in [9.17, 15) is 4.79 Å². The van der Waals surface area contributed by atoms with Crippen LogP contribution in [0.4, 0.5) is 5.82 Å². The molecule has 0 aliphatic carbocycles. The third kappa shape index (κ3) is 5.14. The predicted molar refractivity (Wildman–Crippen MR) is 73.2 cm³/mol. The molecule has 1 heterocycles. The van der Waals surface area contributed by atoms with Gasteiger partial charge in [0.15, 0.2) is 0 Å². The molecule has 0 saturated heterocycles. The number of carbonyl (C=O) groups is 1. The van der Waals surface area contributed by atoms with Gasteiger partial charge in [-0.15, -0.1) is 0 Å². The number of hydrogen-bond acceptors (Lipinski definition) is 4. The average Bonchev–Trinajstić information content (AvgIpc) is 2.38. The van der Waals surface area contributed by atoms with Crippen LogP contribution in [-0.4, -0.2) is 30.0 Å². The fraction of sp³-hybridized carbons (Fsp3) is 0.538. The number of aromatic nitrogens is 1. The van der Waals surface area contributed by atoms with Gasteiger partial charge in [-0.2, -0.15) is 0 Å². The molecule has 0 bridgehead atoms. The largest absolute Gasteiger partial charge is 0.370 e. The maximum Gasteiger partial charge on any atom is 0.224 e. The molecule has 100 valence electrons. The van der Waals surface area contributed by atoms with Crippen molar-refractivity contribution in [2.24, 2.45) is 11.7 Å². The molecule has 0 aromatic carbocycles. The summed E-state index contributed by atoms with van der Waals surface area (Å²) >= 11 is 0. The first-order valence-electron chi connectivity index (χ1n) is 6.29. The topological polar surface area (TPSA) is 80.0 Å². The summed E-state index contributed by atoms with van der Waals surface area (Å²) in [6.45, 7) is 5.11. The van der Waals surface area contributed by atoms with Crippen molar-refractivity contribution in [2.75, 3.05) is 18.4 Å². The molecule has 4 N–H and O–H groups in total. The van der Waals surface area contributed by atoms with Crippen LogP contribution in [0.3, 0.4) is 0 Å². The highest BCUT2D eigenvalue weighted by atomic mass is 16.1. The van der Waals surface area contributed by atoms with E-state index >= 15 is 0 Å². The standard InChI is InChI=1S/C13H22N4O/c1-10(11(2)14)13(18)17-9-5-8-16-12-6-3-4-7-15-12/h3-4,6-7,10-11H,5,8-9,14H2,1-2H3,(H,15,16)(H,17,18). The summed E-state index contributed by atoms with van der Waals surface area (Å²) < 4.78 is 0. The van der Waals surface area contributed by atoms with Gasteiger partial charge in [0.1, 0.15) is 5.82 Å². The highest BCUT2D eigenvalue weighted by Gasteiger charge is 2.15. The number of pyridine rings is 1. The molecule has 2 atom stereocenters. The molecule has 0 radical (unpaired) electrons. The van der Waals surface area contributed by atoms with Crippen LogP contribution in [0.25, 0.3) is 0 Å². The van der Waals surface area contributed by atoms with Crippen LogP contribution in [0.15, 0.2) is 24.4 Å². The highest BCUT2D eigenvalue weighted by Crippen LogP contribution is 2.00.